The minimum absolute atomic E-state index is 0.346. The number of nitrogens with zero attached hydrogens (tertiary/aromatic N) is 3. The van der Waals surface area contributed by atoms with Gasteiger partial charge in [-0.25, -0.2) is 4.98 Å². The van der Waals surface area contributed by atoms with Gasteiger partial charge in [0.15, 0.2) is 0 Å². The third kappa shape index (κ3) is 3.64. The average Bonchev–Trinajstić information content (AvgIpc) is 3.55. The van der Waals surface area contributed by atoms with Crippen LogP contribution in [0.2, 0.25) is 0 Å². The van der Waals surface area contributed by atoms with E-state index < -0.39 is 0 Å². The van der Waals surface area contributed by atoms with Crippen molar-refractivity contribution in [1.29, 1.82) is 0 Å². The van der Waals surface area contributed by atoms with Crippen molar-refractivity contribution in [3.63, 3.8) is 0 Å². The Morgan fingerprint density at radius 2 is 1.85 bits per heavy atom. The van der Waals surface area contributed by atoms with Crippen LogP contribution in [-0.4, -0.2) is 31.2 Å². The molecule has 0 radical (unpaired) electrons. The number of aryl methyl sites for hydroxylation is 1. The second-order valence-corrected chi connectivity index (χ2v) is 10.1. The van der Waals surface area contributed by atoms with E-state index in [-0.39, 0.29) is 0 Å². The molecule has 6 aromatic rings. The van der Waals surface area contributed by atoms with Crippen LogP contribution >= 0.6 is 11.3 Å². The molecule has 0 aliphatic rings. The lowest BCUT2D eigenvalue weighted by Gasteiger charge is -2.11. The number of fused-ring (bicyclic) bond motifs is 2. The molecule has 6 rings (SSSR count). The molecule has 5 aromatic heterocycles. The van der Waals surface area contributed by atoms with Crippen molar-refractivity contribution in [3.8, 4) is 33.0 Å². The number of hydrogen-bond donors (Lipinski definition) is 3. The first-order valence-electron chi connectivity index (χ1n) is 11.3. The van der Waals surface area contributed by atoms with Crippen molar-refractivity contribution in [2.24, 2.45) is 0 Å². The van der Waals surface area contributed by atoms with Gasteiger partial charge < -0.3 is 10.3 Å². The van der Waals surface area contributed by atoms with E-state index in [1.807, 2.05) is 18.6 Å². The highest BCUT2D eigenvalue weighted by molar-refractivity contribution is 7.15. The Morgan fingerprint density at radius 3 is 2.68 bits per heavy atom. The Morgan fingerprint density at radius 1 is 0.941 bits per heavy atom. The summed E-state index contributed by atoms with van der Waals surface area (Å²) in [5.74, 6) is 0. The Bertz CT molecular complexity index is 1640. The molecule has 7 heteroatoms. The summed E-state index contributed by atoms with van der Waals surface area (Å²) in [4.78, 5) is 15.0. The second kappa shape index (κ2) is 8.11. The van der Waals surface area contributed by atoms with Gasteiger partial charge in [0.1, 0.15) is 11.3 Å². The summed E-state index contributed by atoms with van der Waals surface area (Å²) >= 11 is 1.79. The van der Waals surface area contributed by atoms with Gasteiger partial charge in [0.05, 0.1) is 16.9 Å². The minimum atomic E-state index is 0.346. The van der Waals surface area contributed by atoms with Crippen LogP contribution in [0.5, 0.6) is 0 Å². The molecule has 0 amide bonds. The number of H-pyrrole nitrogens is 2. The number of hydrogen-bond acceptors (Lipinski definition) is 5. The molecule has 168 valence electrons. The normalized spacial score (nSPS) is 11.6. The van der Waals surface area contributed by atoms with Crippen LogP contribution in [0.4, 0.5) is 5.69 Å². The van der Waals surface area contributed by atoms with Gasteiger partial charge in [-0.2, -0.15) is 5.10 Å². The van der Waals surface area contributed by atoms with Gasteiger partial charge in [-0.05, 0) is 68.8 Å². The molecule has 3 N–H and O–H groups in total. The highest BCUT2D eigenvalue weighted by Gasteiger charge is 2.15. The molecule has 0 aliphatic heterocycles. The molecule has 0 saturated heterocycles. The molecule has 5 heterocycles. The van der Waals surface area contributed by atoms with E-state index in [2.05, 4.69) is 99.8 Å². The number of benzene rings is 1. The average molecular weight is 465 g/mol. The highest BCUT2D eigenvalue weighted by Crippen LogP contribution is 2.36. The smallest absolute Gasteiger partial charge is 0.138 e. The largest absolute Gasteiger partial charge is 0.382 e. The van der Waals surface area contributed by atoms with Gasteiger partial charge in [-0.15, -0.1) is 11.3 Å². The summed E-state index contributed by atoms with van der Waals surface area (Å²) in [6.07, 6.45) is 5.61. The summed E-state index contributed by atoms with van der Waals surface area (Å²) in [7, 11) is 0. The maximum atomic E-state index is 4.65. The maximum Gasteiger partial charge on any atom is 0.138 e. The van der Waals surface area contributed by atoms with Crippen LogP contribution in [-0.2, 0) is 0 Å². The fraction of sp³-hybridized carbons (Fsp3) is 0.148. The van der Waals surface area contributed by atoms with Gasteiger partial charge >= 0.3 is 0 Å². The monoisotopic (exact) mass is 464 g/mol. The summed E-state index contributed by atoms with van der Waals surface area (Å²) in [5, 5.41) is 13.4. The Labute approximate surface area is 201 Å². The summed E-state index contributed by atoms with van der Waals surface area (Å²) < 4.78 is 0. The fourth-order valence-electron chi connectivity index (χ4n) is 4.36. The zero-order valence-corrected chi connectivity index (χ0v) is 20.0. The molecule has 0 fully saturated rings. The lowest BCUT2D eigenvalue weighted by atomic mass is 10.0. The number of thiophene rings is 1. The number of aromatic amines is 2. The fourth-order valence-corrected chi connectivity index (χ4v) is 5.26. The molecular weight excluding hydrogens is 440 g/mol. The van der Waals surface area contributed by atoms with Crippen LogP contribution < -0.4 is 5.32 Å². The van der Waals surface area contributed by atoms with Gasteiger partial charge in [0.25, 0.3) is 0 Å². The number of aromatic nitrogens is 5. The molecule has 6 nitrogen and oxygen atoms in total. The molecule has 0 spiro atoms. The Balaban J connectivity index is 1.45. The number of rotatable bonds is 5. The molecule has 0 aliphatic carbocycles. The molecule has 0 unspecified atom stereocenters. The van der Waals surface area contributed by atoms with E-state index in [9.17, 15) is 0 Å². The van der Waals surface area contributed by atoms with Crippen molar-refractivity contribution in [1.82, 2.24) is 25.1 Å². The van der Waals surface area contributed by atoms with E-state index in [0.717, 1.165) is 50.1 Å². The maximum absolute atomic E-state index is 4.65. The first-order valence-corrected chi connectivity index (χ1v) is 12.1. The van der Waals surface area contributed by atoms with E-state index in [0.29, 0.717) is 6.04 Å². The molecule has 0 saturated carbocycles. The van der Waals surface area contributed by atoms with Gasteiger partial charge in [0, 0.05) is 56.3 Å². The van der Waals surface area contributed by atoms with Crippen molar-refractivity contribution < 1.29 is 0 Å². The SMILES string of the molecule is Cc1ccc(-c2ccnc3[nH]c(-c4n[nH]c5ccc(-c6cncc(NC(C)C)c6)cc45)cc23)s1. The third-order valence-corrected chi connectivity index (χ3v) is 6.92. The lowest BCUT2D eigenvalue weighted by Crippen LogP contribution is -2.09. The molecule has 0 atom stereocenters. The van der Waals surface area contributed by atoms with Gasteiger partial charge in [0.2, 0.25) is 0 Å². The lowest BCUT2D eigenvalue weighted by molar-refractivity contribution is 0.898. The van der Waals surface area contributed by atoms with Gasteiger partial charge in [-0.3, -0.25) is 10.1 Å². The standard InChI is InChI=1S/C27H24N6S/c1-15(2)30-19-10-18(13-28-14-19)17-5-6-23-22(11-17)26(33-32-23)24-12-21-20(8-9-29-27(21)31-24)25-7-4-16(3)34-25/h4-15,30H,1-3H3,(H,29,31)(H,32,33). The zero-order chi connectivity index (χ0) is 23.2. The van der Waals surface area contributed by atoms with Crippen LogP contribution in [0, 0.1) is 6.92 Å². The third-order valence-electron chi connectivity index (χ3n) is 5.88. The number of pyridine rings is 2. The minimum Gasteiger partial charge on any atom is -0.382 e. The molecular formula is C27H24N6S. The summed E-state index contributed by atoms with van der Waals surface area (Å²) in [6, 6.07) is 17.4. The van der Waals surface area contributed by atoms with Gasteiger partial charge in [-0.1, -0.05) is 6.07 Å². The summed E-state index contributed by atoms with van der Waals surface area (Å²) in [6.45, 7) is 6.38. The molecule has 34 heavy (non-hydrogen) atoms. The zero-order valence-electron chi connectivity index (χ0n) is 19.2. The van der Waals surface area contributed by atoms with Crippen molar-refractivity contribution in [2.75, 3.05) is 5.32 Å². The van der Waals surface area contributed by atoms with Crippen molar-refractivity contribution in [2.45, 2.75) is 26.8 Å². The van der Waals surface area contributed by atoms with Crippen LogP contribution in [0.1, 0.15) is 18.7 Å². The van der Waals surface area contributed by atoms with E-state index in [1.54, 1.807) is 11.3 Å². The predicted molar refractivity (Wildman–Crippen MR) is 141 cm³/mol. The first-order chi connectivity index (χ1) is 16.5. The van der Waals surface area contributed by atoms with Crippen LogP contribution in [0.15, 0.2) is 67.1 Å². The molecule has 0 bridgehead atoms. The predicted octanol–water partition coefficient (Wildman–Crippen LogP) is 7.03. The Kier molecular flexibility index (Phi) is 4.92. The van der Waals surface area contributed by atoms with E-state index in [1.165, 1.54) is 15.3 Å². The topological polar surface area (TPSA) is 82.3 Å². The highest BCUT2D eigenvalue weighted by atomic mass is 32.1. The van der Waals surface area contributed by atoms with Crippen molar-refractivity contribution in [3.05, 3.63) is 72.0 Å². The number of nitrogens with one attached hydrogen (secondary N) is 3. The number of anilines is 1. The van der Waals surface area contributed by atoms with E-state index in [4.69, 9.17) is 0 Å². The second-order valence-electron chi connectivity index (χ2n) is 8.81. The van der Waals surface area contributed by atoms with Crippen LogP contribution in [0.3, 0.4) is 0 Å². The van der Waals surface area contributed by atoms with E-state index >= 15 is 0 Å². The quantitative estimate of drug-likeness (QED) is 0.256. The first kappa shape index (κ1) is 20.6. The summed E-state index contributed by atoms with van der Waals surface area (Å²) in [5.41, 5.74) is 8.04. The molecule has 1 aromatic carbocycles. The van der Waals surface area contributed by atoms with Crippen LogP contribution in [0.25, 0.3) is 54.9 Å². The van der Waals surface area contributed by atoms with Crippen molar-refractivity contribution >= 4 is 39.0 Å². The Hall–Kier alpha value is -3.97.